The molecule has 0 amide bonds. The summed E-state index contributed by atoms with van der Waals surface area (Å²) in [7, 11) is 0. The van der Waals surface area contributed by atoms with Crippen molar-refractivity contribution in [2.45, 2.75) is 0 Å². The zero-order valence-corrected chi connectivity index (χ0v) is 11.0. The minimum absolute atomic E-state index is 0.208. The van der Waals surface area contributed by atoms with Gasteiger partial charge in [0.25, 0.3) is 0 Å². The van der Waals surface area contributed by atoms with Gasteiger partial charge < -0.3 is 3.07 Å². The number of hydrogen-bond acceptors (Lipinski definition) is 4. The molecule has 1 aromatic heterocycles. The zero-order valence-electron chi connectivity index (χ0n) is 7.28. The number of aromatic nitrogens is 2. The van der Waals surface area contributed by atoms with Gasteiger partial charge >= 0.3 is 5.97 Å². The lowest BCUT2D eigenvalue weighted by Gasteiger charge is -1.99. The van der Waals surface area contributed by atoms with Crippen LogP contribution in [0, 0.1) is 0 Å². The van der Waals surface area contributed by atoms with E-state index in [1.807, 2.05) is 12.1 Å². The number of rotatable bonds is 1. The molecule has 0 N–H and O–H groups in total. The average molecular weight is 379 g/mol. The maximum Gasteiger partial charge on any atom is 0.367 e. The van der Waals surface area contributed by atoms with Crippen LogP contribution in [0.2, 0.25) is 0 Å². The molecule has 76 valence electrons. The lowest BCUT2D eigenvalue weighted by Crippen LogP contribution is -2.02. The molecule has 1 aromatic carbocycles. The van der Waals surface area contributed by atoms with Crippen LogP contribution in [0.15, 0.2) is 28.9 Å². The molecule has 15 heavy (non-hydrogen) atoms. The van der Waals surface area contributed by atoms with Gasteiger partial charge in [-0.15, -0.1) is 0 Å². The van der Waals surface area contributed by atoms with Crippen molar-refractivity contribution in [3.8, 4) is 0 Å². The third-order valence-electron chi connectivity index (χ3n) is 1.78. The van der Waals surface area contributed by atoms with Gasteiger partial charge in [-0.25, -0.2) is 9.78 Å². The van der Waals surface area contributed by atoms with E-state index in [1.165, 1.54) is 29.2 Å². The quantitative estimate of drug-likeness (QED) is 0.716. The highest BCUT2D eigenvalue weighted by molar-refractivity contribution is 14.1. The molecule has 0 bridgehead atoms. The number of carbonyl (C=O) groups excluding carboxylic acids is 1. The smallest absolute Gasteiger partial charge is 0.367 e. The molecule has 0 radical (unpaired) electrons. The van der Waals surface area contributed by atoms with E-state index in [0.29, 0.717) is 5.52 Å². The van der Waals surface area contributed by atoms with E-state index in [-0.39, 0.29) is 5.69 Å². The molecule has 2 aromatic rings. The van der Waals surface area contributed by atoms with Crippen LogP contribution in [0.3, 0.4) is 0 Å². The van der Waals surface area contributed by atoms with Crippen LogP contribution in [0.4, 0.5) is 0 Å². The summed E-state index contributed by atoms with van der Waals surface area (Å²) in [6, 6.07) is 5.47. The molecule has 0 aliphatic carbocycles. The molecule has 1 heterocycles. The topological polar surface area (TPSA) is 52.1 Å². The fraction of sp³-hybridized carbons (Fsp3) is 0. The normalized spacial score (nSPS) is 10.3. The van der Waals surface area contributed by atoms with Gasteiger partial charge in [0, 0.05) is 4.47 Å². The van der Waals surface area contributed by atoms with Gasteiger partial charge in [-0.3, -0.25) is 4.98 Å². The predicted molar refractivity (Wildman–Crippen MR) is 66.7 cm³/mol. The average Bonchev–Trinajstić information content (AvgIpc) is 2.27. The Balaban J connectivity index is 2.57. The van der Waals surface area contributed by atoms with Crippen molar-refractivity contribution < 1.29 is 7.86 Å². The summed E-state index contributed by atoms with van der Waals surface area (Å²) in [4.78, 5) is 19.4. The van der Waals surface area contributed by atoms with Crippen molar-refractivity contribution in [2.24, 2.45) is 0 Å². The number of nitrogens with zero attached hydrogens (tertiary/aromatic N) is 2. The molecular formula is C9H4BrIN2O2. The first-order valence-corrected chi connectivity index (χ1v) is 5.63. The molecule has 0 unspecified atom stereocenters. The summed E-state index contributed by atoms with van der Waals surface area (Å²) >= 11 is 4.85. The standard InChI is InChI=1S/C9H4BrIN2O2/c10-5-1-2-6-7(3-5)12-4-8(13-6)9(14)15-11/h1-4H. The minimum Gasteiger partial charge on any atom is -0.390 e. The van der Waals surface area contributed by atoms with Crippen molar-refractivity contribution in [1.29, 1.82) is 0 Å². The molecule has 0 atom stereocenters. The Morgan fingerprint density at radius 3 is 2.93 bits per heavy atom. The summed E-state index contributed by atoms with van der Waals surface area (Å²) in [5.41, 5.74) is 1.60. The minimum atomic E-state index is -0.493. The van der Waals surface area contributed by atoms with E-state index in [9.17, 15) is 4.79 Å². The highest BCUT2D eigenvalue weighted by Crippen LogP contribution is 2.16. The van der Waals surface area contributed by atoms with Crippen molar-refractivity contribution in [3.63, 3.8) is 0 Å². The number of halogens is 2. The van der Waals surface area contributed by atoms with E-state index in [2.05, 4.69) is 29.0 Å². The monoisotopic (exact) mass is 378 g/mol. The molecule has 0 aliphatic rings. The van der Waals surface area contributed by atoms with Gasteiger partial charge in [-0.05, 0) is 18.2 Å². The van der Waals surface area contributed by atoms with Crippen LogP contribution in [-0.4, -0.2) is 15.9 Å². The SMILES string of the molecule is O=C(OI)c1cnc2cc(Br)ccc2n1. The second-order valence-corrected chi connectivity index (χ2v) is 4.11. The first kappa shape index (κ1) is 10.7. The largest absolute Gasteiger partial charge is 0.390 e. The molecule has 6 heteroatoms. The van der Waals surface area contributed by atoms with Gasteiger partial charge in [0.2, 0.25) is 0 Å². The number of fused-ring (bicyclic) bond motifs is 1. The second-order valence-electron chi connectivity index (χ2n) is 2.75. The van der Waals surface area contributed by atoms with Gasteiger partial charge in [0.05, 0.1) is 17.2 Å². The van der Waals surface area contributed by atoms with Crippen LogP contribution >= 0.6 is 38.9 Å². The first-order chi connectivity index (χ1) is 7.20. The lowest BCUT2D eigenvalue weighted by atomic mass is 10.3. The van der Waals surface area contributed by atoms with Gasteiger partial charge in [0.1, 0.15) is 0 Å². The van der Waals surface area contributed by atoms with Crippen molar-refractivity contribution in [2.75, 3.05) is 0 Å². The summed E-state index contributed by atoms with van der Waals surface area (Å²) in [6.45, 7) is 0. The van der Waals surface area contributed by atoms with Crippen LogP contribution in [0.5, 0.6) is 0 Å². The fourth-order valence-corrected chi connectivity index (χ4v) is 1.70. The van der Waals surface area contributed by atoms with E-state index >= 15 is 0 Å². The third kappa shape index (κ3) is 2.25. The number of carbonyl (C=O) groups is 1. The molecule has 0 fully saturated rings. The Kier molecular flexibility index (Phi) is 3.15. The fourth-order valence-electron chi connectivity index (χ4n) is 1.12. The first-order valence-electron chi connectivity index (χ1n) is 3.96. The molecule has 0 saturated carbocycles. The summed E-state index contributed by atoms with van der Waals surface area (Å²) in [6.07, 6.45) is 1.40. The van der Waals surface area contributed by atoms with E-state index in [0.717, 1.165) is 9.99 Å². The highest BCUT2D eigenvalue weighted by Gasteiger charge is 2.09. The number of hydrogen-bond donors (Lipinski definition) is 0. The van der Waals surface area contributed by atoms with Crippen LogP contribution in [0.1, 0.15) is 10.5 Å². The zero-order chi connectivity index (χ0) is 10.8. The van der Waals surface area contributed by atoms with Crippen LogP contribution in [0.25, 0.3) is 11.0 Å². The maximum absolute atomic E-state index is 11.2. The van der Waals surface area contributed by atoms with Crippen molar-refractivity contribution >= 4 is 55.9 Å². The van der Waals surface area contributed by atoms with Crippen molar-refractivity contribution in [3.05, 3.63) is 34.6 Å². The van der Waals surface area contributed by atoms with E-state index < -0.39 is 5.97 Å². The van der Waals surface area contributed by atoms with E-state index in [1.54, 1.807) is 6.07 Å². The number of benzene rings is 1. The summed E-state index contributed by atoms with van der Waals surface area (Å²) < 4.78 is 5.45. The Hall–Kier alpha value is -0.760. The molecule has 0 aliphatic heterocycles. The molecule has 4 nitrogen and oxygen atoms in total. The predicted octanol–water partition coefficient (Wildman–Crippen LogP) is 2.90. The second kappa shape index (κ2) is 4.40. The Morgan fingerprint density at radius 1 is 1.40 bits per heavy atom. The Morgan fingerprint density at radius 2 is 2.20 bits per heavy atom. The third-order valence-corrected chi connectivity index (χ3v) is 2.68. The maximum atomic E-state index is 11.2. The lowest BCUT2D eigenvalue weighted by molar-refractivity contribution is 0.0794. The van der Waals surface area contributed by atoms with Gasteiger partial charge in [0.15, 0.2) is 28.7 Å². The Labute approximate surface area is 108 Å². The van der Waals surface area contributed by atoms with Gasteiger partial charge in [-0.1, -0.05) is 15.9 Å². The Bertz CT molecular complexity index is 533. The molecular weight excluding hydrogens is 375 g/mol. The molecule has 2 rings (SSSR count). The summed E-state index contributed by atoms with van der Waals surface area (Å²) in [5.74, 6) is -0.493. The van der Waals surface area contributed by atoms with Crippen molar-refractivity contribution in [1.82, 2.24) is 9.97 Å². The van der Waals surface area contributed by atoms with Crippen LogP contribution < -0.4 is 0 Å². The van der Waals surface area contributed by atoms with Crippen LogP contribution in [-0.2, 0) is 3.07 Å². The van der Waals surface area contributed by atoms with Gasteiger partial charge in [-0.2, -0.15) is 0 Å². The summed E-state index contributed by atoms with van der Waals surface area (Å²) in [5, 5.41) is 0. The highest BCUT2D eigenvalue weighted by atomic mass is 127. The molecule has 0 saturated heterocycles. The van der Waals surface area contributed by atoms with E-state index in [4.69, 9.17) is 0 Å². The molecule has 0 spiro atoms.